The van der Waals surface area contributed by atoms with Crippen LogP contribution in [0.5, 0.6) is 0 Å². The lowest BCUT2D eigenvalue weighted by Crippen LogP contribution is -2.44. The Morgan fingerprint density at radius 1 is 1.12 bits per heavy atom. The van der Waals surface area contributed by atoms with Gasteiger partial charge in [-0.05, 0) is 49.4 Å². The van der Waals surface area contributed by atoms with Crippen LogP contribution in [0.4, 0.5) is 0 Å². The van der Waals surface area contributed by atoms with Gasteiger partial charge in [0.25, 0.3) is 0 Å². The van der Waals surface area contributed by atoms with E-state index >= 15 is 0 Å². The summed E-state index contributed by atoms with van der Waals surface area (Å²) < 4.78 is 0. The molecule has 0 aromatic heterocycles. The molecular formula is C21H25ClN2O. The average molecular weight is 357 g/mol. The van der Waals surface area contributed by atoms with Gasteiger partial charge in [-0.3, -0.25) is 4.79 Å². The number of amides is 1. The minimum atomic E-state index is -0.0613. The molecule has 25 heavy (non-hydrogen) atoms. The molecule has 2 heterocycles. The van der Waals surface area contributed by atoms with Crippen LogP contribution in [0.25, 0.3) is 16.5 Å². The van der Waals surface area contributed by atoms with E-state index in [4.69, 9.17) is 0 Å². The van der Waals surface area contributed by atoms with Gasteiger partial charge in [0, 0.05) is 36.0 Å². The van der Waals surface area contributed by atoms with Crippen molar-refractivity contribution in [3.63, 3.8) is 0 Å². The first-order chi connectivity index (χ1) is 11.5. The first-order valence-electron chi connectivity index (χ1n) is 8.83. The molecule has 4 rings (SSSR count). The predicted octanol–water partition coefficient (Wildman–Crippen LogP) is 4.15. The number of rotatable bonds is 1. The summed E-state index contributed by atoms with van der Waals surface area (Å²) in [5.74, 6) is 0.131. The summed E-state index contributed by atoms with van der Waals surface area (Å²) in [6, 6.07) is 12.8. The third-order valence-electron chi connectivity index (χ3n) is 5.11. The van der Waals surface area contributed by atoms with Crippen LogP contribution in [0.3, 0.4) is 0 Å². The fourth-order valence-electron chi connectivity index (χ4n) is 3.96. The highest BCUT2D eigenvalue weighted by atomic mass is 35.5. The molecule has 1 N–H and O–H groups in total. The van der Waals surface area contributed by atoms with Gasteiger partial charge in [0.2, 0.25) is 5.91 Å². The van der Waals surface area contributed by atoms with Gasteiger partial charge in [0.05, 0.1) is 0 Å². The number of halogens is 1. The van der Waals surface area contributed by atoms with Gasteiger partial charge in [0.1, 0.15) is 0 Å². The molecule has 0 aliphatic carbocycles. The lowest BCUT2D eigenvalue weighted by atomic mass is 9.83. The fourth-order valence-corrected chi connectivity index (χ4v) is 3.96. The largest absolute Gasteiger partial charge is 0.379 e. The monoisotopic (exact) mass is 356 g/mol. The van der Waals surface area contributed by atoms with Gasteiger partial charge in [-0.25, -0.2) is 0 Å². The van der Waals surface area contributed by atoms with Crippen molar-refractivity contribution in [1.29, 1.82) is 0 Å². The van der Waals surface area contributed by atoms with Gasteiger partial charge < -0.3 is 10.2 Å². The second kappa shape index (κ2) is 6.72. The Labute approximate surface area is 155 Å². The minimum Gasteiger partial charge on any atom is -0.379 e. The molecule has 2 aliphatic rings. The number of benzene rings is 2. The van der Waals surface area contributed by atoms with E-state index < -0.39 is 0 Å². The van der Waals surface area contributed by atoms with Crippen LogP contribution in [0.15, 0.2) is 42.5 Å². The third kappa shape index (κ3) is 3.38. The molecule has 2 aromatic rings. The van der Waals surface area contributed by atoms with E-state index in [1.54, 1.807) is 6.08 Å². The van der Waals surface area contributed by atoms with Gasteiger partial charge in [-0.15, -0.1) is 12.4 Å². The molecule has 0 atom stereocenters. The number of hydrogen-bond donors (Lipinski definition) is 1. The molecule has 0 saturated carbocycles. The molecule has 4 heteroatoms. The predicted molar refractivity (Wildman–Crippen MR) is 106 cm³/mol. The fraction of sp³-hybridized carbons (Fsp3) is 0.381. The maximum absolute atomic E-state index is 12.6. The van der Waals surface area contributed by atoms with Crippen molar-refractivity contribution in [3.8, 4) is 0 Å². The van der Waals surface area contributed by atoms with Crippen molar-refractivity contribution in [1.82, 2.24) is 10.2 Å². The second-order valence-electron chi connectivity index (χ2n) is 7.59. The van der Waals surface area contributed by atoms with E-state index in [1.165, 1.54) is 21.9 Å². The topological polar surface area (TPSA) is 32.3 Å². The van der Waals surface area contributed by atoms with Gasteiger partial charge >= 0.3 is 0 Å². The van der Waals surface area contributed by atoms with Crippen LogP contribution < -0.4 is 5.32 Å². The van der Waals surface area contributed by atoms with Crippen LogP contribution in [0.1, 0.15) is 37.8 Å². The molecule has 2 aromatic carbocycles. The SMILES string of the molecule is CC1(C)Cc2c(ccc3ccccc23)/C(=C\C(=O)N2CCCC2)N1.Cl. The van der Waals surface area contributed by atoms with Crippen molar-refractivity contribution in [3.05, 3.63) is 53.6 Å². The molecule has 132 valence electrons. The van der Waals surface area contributed by atoms with Crippen LogP contribution in [-0.2, 0) is 11.2 Å². The van der Waals surface area contributed by atoms with Gasteiger partial charge in [-0.1, -0.05) is 36.4 Å². The zero-order valence-electron chi connectivity index (χ0n) is 14.8. The summed E-state index contributed by atoms with van der Waals surface area (Å²) in [6.07, 6.45) is 5.00. The highest BCUT2D eigenvalue weighted by Crippen LogP contribution is 2.34. The normalized spacial score (nSPS) is 20.1. The lowest BCUT2D eigenvalue weighted by Gasteiger charge is -2.36. The Morgan fingerprint density at radius 2 is 1.84 bits per heavy atom. The maximum atomic E-state index is 12.6. The Kier molecular flexibility index (Phi) is 4.79. The highest BCUT2D eigenvalue weighted by molar-refractivity contribution is 5.98. The van der Waals surface area contributed by atoms with E-state index in [9.17, 15) is 4.79 Å². The summed E-state index contributed by atoms with van der Waals surface area (Å²) in [5, 5.41) is 6.14. The Balaban J connectivity index is 0.00000182. The van der Waals surface area contributed by atoms with Crippen LogP contribution in [0, 0.1) is 0 Å². The minimum absolute atomic E-state index is 0. The van der Waals surface area contributed by atoms with Crippen molar-refractivity contribution >= 4 is 34.8 Å². The van der Waals surface area contributed by atoms with E-state index in [2.05, 4.69) is 55.6 Å². The van der Waals surface area contributed by atoms with Crippen LogP contribution >= 0.6 is 12.4 Å². The van der Waals surface area contributed by atoms with Crippen LogP contribution in [0.2, 0.25) is 0 Å². The standard InChI is InChI=1S/C21H24N2O.ClH/c1-21(2)14-18-16-8-4-3-7-15(16)9-10-17(18)19(22-21)13-20(24)23-11-5-6-12-23;/h3-4,7-10,13,22H,5-6,11-12,14H2,1-2H3;1H/b19-13+;. The quantitative estimate of drug-likeness (QED) is 0.778. The molecule has 0 bridgehead atoms. The Bertz CT molecular complexity index is 835. The first-order valence-corrected chi connectivity index (χ1v) is 8.83. The smallest absolute Gasteiger partial charge is 0.248 e. The molecule has 2 aliphatic heterocycles. The summed E-state index contributed by atoms with van der Waals surface area (Å²) in [6.45, 7) is 6.17. The summed E-state index contributed by atoms with van der Waals surface area (Å²) in [5.41, 5.74) is 3.41. The molecule has 1 saturated heterocycles. The number of fused-ring (bicyclic) bond motifs is 3. The molecule has 0 radical (unpaired) electrons. The van der Waals surface area contributed by atoms with Crippen LogP contribution in [-0.4, -0.2) is 29.4 Å². The summed E-state index contributed by atoms with van der Waals surface area (Å²) >= 11 is 0. The van der Waals surface area contributed by atoms with Crippen molar-refractivity contribution < 1.29 is 4.79 Å². The van der Waals surface area contributed by atoms with E-state index in [-0.39, 0.29) is 23.9 Å². The van der Waals surface area contributed by atoms with Gasteiger partial charge in [0.15, 0.2) is 0 Å². The van der Waals surface area contributed by atoms with Crippen molar-refractivity contribution in [2.45, 2.75) is 38.6 Å². The summed E-state index contributed by atoms with van der Waals surface area (Å²) in [7, 11) is 0. The number of hydrogen-bond acceptors (Lipinski definition) is 2. The van der Waals surface area contributed by atoms with E-state index in [1.807, 2.05) is 4.90 Å². The number of nitrogens with zero attached hydrogens (tertiary/aromatic N) is 1. The zero-order valence-corrected chi connectivity index (χ0v) is 15.7. The molecule has 1 fully saturated rings. The molecule has 0 unspecified atom stereocenters. The average Bonchev–Trinajstić information content (AvgIpc) is 3.08. The first kappa shape index (κ1) is 17.8. The summed E-state index contributed by atoms with van der Waals surface area (Å²) in [4.78, 5) is 14.6. The third-order valence-corrected chi connectivity index (χ3v) is 5.11. The lowest BCUT2D eigenvalue weighted by molar-refractivity contribution is -0.124. The number of likely N-dealkylation sites (tertiary alicyclic amines) is 1. The second-order valence-corrected chi connectivity index (χ2v) is 7.59. The highest BCUT2D eigenvalue weighted by Gasteiger charge is 2.29. The van der Waals surface area contributed by atoms with Gasteiger partial charge in [-0.2, -0.15) is 0 Å². The van der Waals surface area contributed by atoms with E-state index in [0.29, 0.717) is 0 Å². The molecule has 1 amide bonds. The van der Waals surface area contributed by atoms with Crippen molar-refractivity contribution in [2.24, 2.45) is 0 Å². The maximum Gasteiger partial charge on any atom is 0.248 e. The van der Waals surface area contributed by atoms with E-state index in [0.717, 1.165) is 38.0 Å². The molecule has 3 nitrogen and oxygen atoms in total. The number of carbonyl (C=O) groups is 1. The number of nitrogens with one attached hydrogen (secondary N) is 1. The molecule has 0 spiro atoms. The number of carbonyl (C=O) groups excluding carboxylic acids is 1. The van der Waals surface area contributed by atoms with Crippen molar-refractivity contribution in [2.75, 3.05) is 13.1 Å². The Morgan fingerprint density at radius 3 is 2.60 bits per heavy atom. The molecular weight excluding hydrogens is 332 g/mol. The zero-order chi connectivity index (χ0) is 16.7. The Hall–Kier alpha value is -2.00.